The van der Waals surface area contributed by atoms with Crippen LogP contribution < -0.4 is 16.0 Å². The van der Waals surface area contributed by atoms with Gasteiger partial charge in [0.15, 0.2) is 5.82 Å². The number of carbonyl (C=O) groups excluding carboxylic acids is 2. The third kappa shape index (κ3) is 5.36. The zero-order valence-electron chi connectivity index (χ0n) is 17.0. The molecule has 1 atom stereocenters. The van der Waals surface area contributed by atoms with E-state index in [4.69, 9.17) is 0 Å². The number of pyridine rings is 1. The molecule has 0 bridgehead atoms. The molecule has 4 rings (SSSR count). The van der Waals surface area contributed by atoms with E-state index >= 15 is 0 Å². The SMILES string of the molecule is Cc1cc(Nc2ccc(C(=O)N[C@@H](CC3CCCC3)C(=O)NC3CC3)s2)c(F)cn1. The predicted molar refractivity (Wildman–Crippen MR) is 116 cm³/mol. The highest BCUT2D eigenvalue weighted by Crippen LogP contribution is 2.30. The van der Waals surface area contributed by atoms with Crippen molar-refractivity contribution in [3.63, 3.8) is 0 Å². The van der Waals surface area contributed by atoms with Crippen molar-refractivity contribution in [3.05, 3.63) is 40.8 Å². The van der Waals surface area contributed by atoms with Crippen molar-refractivity contribution < 1.29 is 14.0 Å². The van der Waals surface area contributed by atoms with Crippen molar-refractivity contribution in [2.45, 2.75) is 64.0 Å². The van der Waals surface area contributed by atoms with Gasteiger partial charge in [-0.15, -0.1) is 11.3 Å². The summed E-state index contributed by atoms with van der Waals surface area (Å²) in [6, 6.07) is 4.80. The van der Waals surface area contributed by atoms with Crippen molar-refractivity contribution in [2.24, 2.45) is 5.92 Å². The first kappa shape index (κ1) is 20.8. The number of hydrogen-bond donors (Lipinski definition) is 3. The fourth-order valence-electron chi connectivity index (χ4n) is 3.87. The minimum Gasteiger partial charge on any atom is -0.352 e. The highest BCUT2D eigenvalue weighted by Gasteiger charge is 2.31. The lowest BCUT2D eigenvalue weighted by Gasteiger charge is -2.21. The van der Waals surface area contributed by atoms with Gasteiger partial charge in [0.1, 0.15) is 6.04 Å². The van der Waals surface area contributed by atoms with Crippen LogP contribution >= 0.6 is 11.3 Å². The van der Waals surface area contributed by atoms with Crippen LogP contribution in [-0.2, 0) is 4.79 Å². The molecule has 2 aliphatic rings. The quantitative estimate of drug-likeness (QED) is 0.583. The van der Waals surface area contributed by atoms with E-state index < -0.39 is 11.9 Å². The monoisotopic (exact) mass is 430 g/mol. The summed E-state index contributed by atoms with van der Waals surface area (Å²) in [5.74, 6) is -0.317. The number of rotatable bonds is 8. The number of nitrogens with one attached hydrogen (secondary N) is 3. The second kappa shape index (κ2) is 9.12. The number of carbonyl (C=O) groups is 2. The highest BCUT2D eigenvalue weighted by molar-refractivity contribution is 7.18. The lowest BCUT2D eigenvalue weighted by Crippen LogP contribution is -2.48. The average Bonchev–Trinajstić information content (AvgIpc) is 3.17. The van der Waals surface area contributed by atoms with Crippen LogP contribution in [0.25, 0.3) is 0 Å². The number of hydrogen-bond acceptors (Lipinski definition) is 5. The maximum Gasteiger partial charge on any atom is 0.262 e. The largest absolute Gasteiger partial charge is 0.352 e. The second-order valence-corrected chi connectivity index (χ2v) is 9.37. The van der Waals surface area contributed by atoms with Crippen molar-refractivity contribution >= 4 is 33.8 Å². The van der Waals surface area contributed by atoms with Crippen LogP contribution in [0.15, 0.2) is 24.4 Å². The van der Waals surface area contributed by atoms with E-state index in [0.717, 1.165) is 25.7 Å². The Kier molecular flexibility index (Phi) is 6.32. The Morgan fingerprint density at radius 1 is 1.23 bits per heavy atom. The van der Waals surface area contributed by atoms with Crippen LogP contribution in [0.1, 0.15) is 60.3 Å². The van der Waals surface area contributed by atoms with E-state index in [1.54, 1.807) is 25.1 Å². The lowest BCUT2D eigenvalue weighted by atomic mass is 9.97. The molecule has 3 N–H and O–H groups in total. The van der Waals surface area contributed by atoms with Gasteiger partial charge in [0, 0.05) is 11.7 Å². The topological polar surface area (TPSA) is 83.1 Å². The van der Waals surface area contributed by atoms with E-state index in [-0.39, 0.29) is 17.9 Å². The molecular weight excluding hydrogens is 403 g/mol. The van der Waals surface area contributed by atoms with Crippen LogP contribution in [-0.4, -0.2) is 28.9 Å². The van der Waals surface area contributed by atoms with Crippen LogP contribution in [0.5, 0.6) is 0 Å². The summed E-state index contributed by atoms with van der Waals surface area (Å²) in [4.78, 5) is 29.9. The van der Waals surface area contributed by atoms with Gasteiger partial charge in [-0.2, -0.15) is 0 Å². The van der Waals surface area contributed by atoms with Crippen LogP contribution in [0, 0.1) is 18.7 Å². The molecule has 0 unspecified atom stereocenters. The molecule has 8 heteroatoms. The Morgan fingerprint density at radius 2 is 2.00 bits per heavy atom. The number of amides is 2. The minimum atomic E-state index is -0.514. The van der Waals surface area contributed by atoms with Crippen LogP contribution in [0.3, 0.4) is 0 Å². The van der Waals surface area contributed by atoms with E-state index in [9.17, 15) is 14.0 Å². The molecule has 6 nitrogen and oxygen atoms in total. The summed E-state index contributed by atoms with van der Waals surface area (Å²) in [5, 5.41) is 9.62. The van der Waals surface area contributed by atoms with Gasteiger partial charge in [0.25, 0.3) is 5.91 Å². The molecular formula is C22H27FN4O2S. The summed E-state index contributed by atoms with van der Waals surface area (Å²) in [5.41, 5.74) is 1.02. The first-order valence-electron chi connectivity index (χ1n) is 10.6. The van der Waals surface area contributed by atoms with Crippen LogP contribution in [0.4, 0.5) is 15.1 Å². The van der Waals surface area contributed by atoms with E-state index in [2.05, 4.69) is 20.9 Å². The zero-order valence-corrected chi connectivity index (χ0v) is 17.9. The number of aromatic nitrogens is 1. The number of nitrogens with zero attached hydrogens (tertiary/aromatic N) is 1. The van der Waals surface area contributed by atoms with Crippen molar-refractivity contribution in [2.75, 3.05) is 5.32 Å². The summed E-state index contributed by atoms with van der Waals surface area (Å²) < 4.78 is 13.9. The average molecular weight is 431 g/mol. The number of anilines is 2. The van der Waals surface area contributed by atoms with E-state index in [1.165, 1.54) is 30.4 Å². The summed E-state index contributed by atoms with van der Waals surface area (Å²) in [7, 11) is 0. The second-order valence-electron chi connectivity index (χ2n) is 8.29. The number of halogens is 1. The maximum absolute atomic E-state index is 13.9. The molecule has 160 valence electrons. The van der Waals surface area contributed by atoms with Gasteiger partial charge < -0.3 is 16.0 Å². The molecule has 2 aromatic rings. The van der Waals surface area contributed by atoms with Gasteiger partial charge in [-0.3, -0.25) is 14.6 Å². The molecule has 0 aliphatic heterocycles. The summed E-state index contributed by atoms with van der Waals surface area (Å²) >= 11 is 1.23. The Hall–Kier alpha value is -2.48. The third-order valence-corrected chi connectivity index (χ3v) is 6.67. The van der Waals surface area contributed by atoms with Gasteiger partial charge >= 0.3 is 0 Å². The van der Waals surface area contributed by atoms with Crippen molar-refractivity contribution in [1.82, 2.24) is 15.6 Å². The van der Waals surface area contributed by atoms with Gasteiger partial charge in [-0.05, 0) is 50.3 Å². The molecule has 2 heterocycles. The van der Waals surface area contributed by atoms with Gasteiger partial charge in [-0.1, -0.05) is 25.7 Å². The molecule has 2 aromatic heterocycles. The first-order valence-corrected chi connectivity index (χ1v) is 11.4. The number of aryl methyl sites for hydroxylation is 1. The normalized spacial score (nSPS) is 17.5. The fraction of sp³-hybridized carbons (Fsp3) is 0.500. The lowest BCUT2D eigenvalue weighted by molar-refractivity contribution is -0.123. The van der Waals surface area contributed by atoms with Crippen molar-refractivity contribution in [1.29, 1.82) is 0 Å². The molecule has 0 radical (unpaired) electrons. The molecule has 0 spiro atoms. The van der Waals surface area contributed by atoms with Gasteiger partial charge in [-0.25, -0.2) is 4.39 Å². The molecule has 2 aliphatic carbocycles. The molecule has 30 heavy (non-hydrogen) atoms. The van der Waals surface area contributed by atoms with E-state index in [0.29, 0.717) is 33.6 Å². The Morgan fingerprint density at radius 3 is 2.73 bits per heavy atom. The molecule has 2 saturated carbocycles. The minimum absolute atomic E-state index is 0.0815. The van der Waals surface area contributed by atoms with Crippen LogP contribution in [0.2, 0.25) is 0 Å². The smallest absolute Gasteiger partial charge is 0.262 e. The molecule has 2 fully saturated rings. The fourth-order valence-corrected chi connectivity index (χ4v) is 4.69. The van der Waals surface area contributed by atoms with E-state index in [1.807, 2.05) is 0 Å². The first-order chi connectivity index (χ1) is 14.5. The van der Waals surface area contributed by atoms with Crippen molar-refractivity contribution in [3.8, 4) is 0 Å². The zero-order chi connectivity index (χ0) is 21.1. The molecule has 0 saturated heterocycles. The summed E-state index contributed by atoms with van der Waals surface area (Å²) in [6.07, 6.45) is 8.51. The molecule has 0 aromatic carbocycles. The predicted octanol–water partition coefficient (Wildman–Crippen LogP) is 4.29. The summed E-state index contributed by atoms with van der Waals surface area (Å²) in [6.45, 7) is 1.79. The third-order valence-electron chi connectivity index (χ3n) is 5.67. The van der Waals surface area contributed by atoms with Gasteiger partial charge in [0.2, 0.25) is 5.91 Å². The number of thiophene rings is 1. The Balaban J connectivity index is 1.41. The Bertz CT molecular complexity index is 922. The Labute approximate surface area is 179 Å². The van der Waals surface area contributed by atoms with Gasteiger partial charge in [0.05, 0.1) is 21.8 Å². The maximum atomic E-state index is 13.9. The standard InChI is InChI=1S/C22H27FN4O2S/c1-13-10-17(16(23)12-24-13)26-20-9-8-19(30-20)22(29)27-18(11-14-4-2-3-5-14)21(28)25-15-6-7-15/h8-10,12,14-15,18H,2-7,11H2,1H3,(H,24,26)(H,25,28)(H,27,29)/t18-/m0/s1. The molecule has 2 amide bonds. The highest BCUT2D eigenvalue weighted by atomic mass is 32.1.